The van der Waals surface area contributed by atoms with Crippen molar-refractivity contribution in [1.29, 1.82) is 0 Å². The minimum Gasteiger partial charge on any atom is -0.351 e. The van der Waals surface area contributed by atoms with Crippen molar-refractivity contribution in [2.45, 2.75) is 25.2 Å². The van der Waals surface area contributed by atoms with E-state index in [9.17, 15) is 9.18 Å². The second kappa shape index (κ2) is 5.32. The number of amides is 1. The quantitative estimate of drug-likeness (QED) is 0.912. The van der Waals surface area contributed by atoms with Gasteiger partial charge >= 0.3 is 0 Å². The number of halogens is 1. The van der Waals surface area contributed by atoms with Crippen LogP contribution in [0.1, 0.15) is 34.3 Å². The Labute approximate surface area is 124 Å². The maximum absolute atomic E-state index is 13.0. The number of hydrogen-bond donors (Lipinski definition) is 1. The number of benzene rings is 2. The van der Waals surface area contributed by atoms with Gasteiger partial charge in [0.1, 0.15) is 5.82 Å². The van der Waals surface area contributed by atoms with Crippen molar-refractivity contribution >= 4 is 5.91 Å². The van der Waals surface area contributed by atoms with Gasteiger partial charge in [-0.1, -0.05) is 30.3 Å². The Kier molecular flexibility index (Phi) is 3.50. The van der Waals surface area contributed by atoms with E-state index in [0.717, 1.165) is 24.0 Å². The molecule has 108 valence electrons. The second-order valence-electron chi connectivity index (χ2n) is 5.78. The topological polar surface area (TPSA) is 29.1 Å². The molecule has 21 heavy (non-hydrogen) atoms. The van der Waals surface area contributed by atoms with Crippen molar-refractivity contribution < 1.29 is 9.18 Å². The van der Waals surface area contributed by atoms with E-state index in [-0.39, 0.29) is 17.1 Å². The van der Waals surface area contributed by atoms with E-state index >= 15 is 0 Å². The summed E-state index contributed by atoms with van der Waals surface area (Å²) >= 11 is 0. The Morgan fingerprint density at radius 2 is 1.81 bits per heavy atom. The molecule has 2 nitrogen and oxygen atoms in total. The molecule has 1 amide bonds. The van der Waals surface area contributed by atoms with E-state index in [2.05, 4.69) is 5.32 Å². The maximum atomic E-state index is 13.0. The summed E-state index contributed by atoms with van der Waals surface area (Å²) in [4.78, 5) is 12.3. The average Bonchev–Trinajstić information content (AvgIpc) is 3.27. The van der Waals surface area contributed by atoms with Crippen LogP contribution in [-0.2, 0) is 5.41 Å². The molecular weight excluding hydrogens is 265 g/mol. The molecule has 0 atom stereocenters. The summed E-state index contributed by atoms with van der Waals surface area (Å²) in [5.41, 5.74) is 2.79. The second-order valence-corrected chi connectivity index (χ2v) is 5.78. The van der Waals surface area contributed by atoms with Gasteiger partial charge in [0.05, 0.1) is 0 Å². The average molecular weight is 283 g/mol. The first-order valence-electron chi connectivity index (χ1n) is 7.21. The summed E-state index contributed by atoms with van der Waals surface area (Å²) in [6.45, 7) is 2.54. The predicted octanol–water partition coefficient (Wildman–Crippen LogP) is 3.60. The van der Waals surface area contributed by atoms with E-state index in [1.54, 1.807) is 0 Å². The molecule has 0 bridgehead atoms. The van der Waals surface area contributed by atoms with Crippen molar-refractivity contribution in [3.8, 4) is 0 Å². The molecule has 0 aliphatic heterocycles. The molecule has 0 saturated heterocycles. The molecule has 1 N–H and O–H groups in total. The lowest BCUT2D eigenvalue weighted by Gasteiger charge is -2.17. The molecule has 0 spiro atoms. The summed E-state index contributed by atoms with van der Waals surface area (Å²) in [5, 5.41) is 3.02. The monoisotopic (exact) mass is 283 g/mol. The first-order valence-corrected chi connectivity index (χ1v) is 7.21. The van der Waals surface area contributed by atoms with Gasteiger partial charge in [-0.05, 0) is 49.1 Å². The van der Waals surface area contributed by atoms with Gasteiger partial charge < -0.3 is 5.32 Å². The van der Waals surface area contributed by atoms with Crippen LogP contribution in [-0.4, -0.2) is 12.5 Å². The molecule has 2 aromatic carbocycles. The molecule has 3 rings (SSSR count). The molecule has 1 aliphatic rings. The molecule has 3 heteroatoms. The third-order valence-electron chi connectivity index (χ3n) is 4.29. The van der Waals surface area contributed by atoms with Gasteiger partial charge in [0.2, 0.25) is 0 Å². The third kappa shape index (κ3) is 2.82. The zero-order valence-electron chi connectivity index (χ0n) is 12.0. The summed E-state index contributed by atoms with van der Waals surface area (Å²) in [6, 6.07) is 14.2. The van der Waals surface area contributed by atoms with Crippen molar-refractivity contribution in [3.05, 3.63) is 71.0 Å². The summed E-state index contributed by atoms with van der Waals surface area (Å²) < 4.78 is 13.0. The number of hydrogen-bond acceptors (Lipinski definition) is 1. The van der Waals surface area contributed by atoms with Gasteiger partial charge in [0.25, 0.3) is 5.91 Å². The Morgan fingerprint density at radius 3 is 2.43 bits per heavy atom. The highest BCUT2D eigenvalue weighted by atomic mass is 19.1. The Morgan fingerprint density at radius 1 is 1.14 bits per heavy atom. The molecule has 0 heterocycles. The fourth-order valence-electron chi connectivity index (χ4n) is 2.69. The van der Waals surface area contributed by atoms with Crippen LogP contribution in [0.2, 0.25) is 0 Å². The van der Waals surface area contributed by atoms with Gasteiger partial charge in [-0.2, -0.15) is 0 Å². The van der Waals surface area contributed by atoms with Crippen LogP contribution in [0.25, 0.3) is 0 Å². The summed E-state index contributed by atoms with van der Waals surface area (Å²) in [7, 11) is 0. The van der Waals surface area contributed by atoms with Crippen LogP contribution in [0.3, 0.4) is 0 Å². The SMILES string of the molecule is Cc1ccccc1C(=O)NCC1(c2ccc(F)cc2)CC1. The first-order chi connectivity index (χ1) is 10.1. The summed E-state index contributed by atoms with van der Waals surface area (Å²) in [5.74, 6) is -0.264. The van der Waals surface area contributed by atoms with Crippen LogP contribution >= 0.6 is 0 Å². The predicted molar refractivity (Wildman–Crippen MR) is 80.8 cm³/mol. The van der Waals surface area contributed by atoms with Gasteiger partial charge in [-0.15, -0.1) is 0 Å². The molecule has 1 aliphatic carbocycles. The number of aryl methyl sites for hydroxylation is 1. The Bertz CT molecular complexity index is 659. The molecular formula is C18H18FNO. The van der Waals surface area contributed by atoms with Crippen molar-refractivity contribution in [2.24, 2.45) is 0 Å². The van der Waals surface area contributed by atoms with Crippen LogP contribution in [0, 0.1) is 12.7 Å². The highest BCUT2D eigenvalue weighted by molar-refractivity contribution is 5.95. The summed E-state index contributed by atoms with van der Waals surface area (Å²) in [6.07, 6.45) is 2.07. The lowest BCUT2D eigenvalue weighted by Crippen LogP contribution is -2.32. The molecule has 0 unspecified atom stereocenters. The number of nitrogens with one attached hydrogen (secondary N) is 1. The normalized spacial score (nSPS) is 15.5. The van der Waals surface area contributed by atoms with Crippen LogP contribution in [0.4, 0.5) is 4.39 Å². The van der Waals surface area contributed by atoms with Crippen LogP contribution in [0.15, 0.2) is 48.5 Å². The van der Waals surface area contributed by atoms with Crippen LogP contribution < -0.4 is 5.32 Å². The van der Waals surface area contributed by atoms with E-state index < -0.39 is 0 Å². The number of rotatable bonds is 4. The van der Waals surface area contributed by atoms with Crippen molar-refractivity contribution in [1.82, 2.24) is 5.32 Å². The van der Waals surface area contributed by atoms with E-state index in [1.807, 2.05) is 43.3 Å². The molecule has 1 saturated carbocycles. The van der Waals surface area contributed by atoms with E-state index in [4.69, 9.17) is 0 Å². The highest BCUT2D eigenvalue weighted by Crippen LogP contribution is 2.47. The van der Waals surface area contributed by atoms with Crippen molar-refractivity contribution in [2.75, 3.05) is 6.54 Å². The van der Waals surface area contributed by atoms with Gasteiger partial charge in [0.15, 0.2) is 0 Å². The van der Waals surface area contributed by atoms with Gasteiger partial charge in [0, 0.05) is 17.5 Å². The highest BCUT2D eigenvalue weighted by Gasteiger charge is 2.44. The molecule has 0 radical (unpaired) electrons. The Hall–Kier alpha value is -2.16. The minimum atomic E-state index is -0.224. The standard InChI is InChI=1S/C18H18FNO/c1-13-4-2-3-5-16(13)17(21)20-12-18(10-11-18)14-6-8-15(19)9-7-14/h2-9H,10-12H2,1H3,(H,20,21). The molecule has 1 fully saturated rings. The lowest BCUT2D eigenvalue weighted by molar-refractivity contribution is 0.0949. The van der Waals surface area contributed by atoms with Crippen molar-refractivity contribution in [3.63, 3.8) is 0 Å². The Balaban J connectivity index is 1.69. The van der Waals surface area contributed by atoms with Gasteiger partial charge in [-0.3, -0.25) is 4.79 Å². The zero-order valence-corrected chi connectivity index (χ0v) is 12.0. The van der Waals surface area contributed by atoms with E-state index in [0.29, 0.717) is 12.1 Å². The zero-order chi connectivity index (χ0) is 14.9. The van der Waals surface area contributed by atoms with Gasteiger partial charge in [-0.25, -0.2) is 4.39 Å². The van der Waals surface area contributed by atoms with Crippen LogP contribution in [0.5, 0.6) is 0 Å². The third-order valence-corrected chi connectivity index (χ3v) is 4.29. The minimum absolute atomic E-state index is 0.00789. The number of carbonyl (C=O) groups is 1. The fourth-order valence-corrected chi connectivity index (χ4v) is 2.69. The largest absolute Gasteiger partial charge is 0.351 e. The fraction of sp³-hybridized carbons (Fsp3) is 0.278. The molecule has 0 aromatic heterocycles. The number of carbonyl (C=O) groups excluding carboxylic acids is 1. The first kappa shape index (κ1) is 13.8. The lowest BCUT2D eigenvalue weighted by atomic mass is 9.95. The maximum Gasteiger partial charge on any atom is 0.251 e. The molecule has 2 aromatic rings. The van der Waals surface area contributed by atoms with E-state index in [1.165, 1.54) is 12.1 Å². The smallest absolute Gasteiger partial charge is 0.251 e.